The molecule has 3 amide bonds. The summed E-state index contributed by atoms with van der Waals surface area (Å²) in [6, 6.07) is 0. The second-order valence-corrected chi connectivity index (χ2v) is 7.69. The van der Waals surface area contributed by atoms with Gasteiger partial charge in [0.1, 0.15) is 6.61 Å². The molecule has 10 nitrogen and oxygen atoms in total. The summed E-state index contributed by atoms with van der Waals surface area (Å²) in [6.45, 7) is 3.46. The highest BCUT2D eigenvalue weighted by atomic mass is 16.5. The lowest BCUT2D eigenvalue weighted by Gasteiger charge is -2.47. The second kappa shape index (κ2) is 9.83. The molecular formula is C18H30N4O6. The molecular weight excluding hydrogens is 368 g/mol. The van der Waals surface area contributed by atoms with Gasteiger partial charge in [0.15, 0.2) is 0 Å². The molecule has 3 rings (SSSR count). The van der Waals surface area contributed by atoms with Gasteiger partial charge in [-0.1, -0.05) is 0 Å². The van der Waals surface area contributed by atoms with E-state index < -0.39 is 0 Å². The number of rotatable bonds is 3. The molecule has 1 atom stereocenters. The predicted octanol–water partition coefficient (Wildman–Crippen LogP) is -1.27. The fourth-order valence-corrected chi connectivity index (χ4v) is 4.21. The Morgan fingerprint density at radius 1 is 1.32 bits per heavy atom. The van der Waals surface area contributed by atoms with E-state index in [0.717, 1.165) is 32.2 Å². The van der Waals surface area contributed by atoms with Crippen molar-refractivity contribution in [2.75, 3.05) is 52.9 Å². The number of hydrogen-bond acceptors (Lipinski definition) is 6. The van der Waals surface area contributed by atoms with Gasteiger partial charge < -0.3 is 25.4 Å². The summed E-state index contributed by atoms with van der Waals surface area (Å²) in [6.07, 6.45) is 3.29. The fraction of sp³-hybridized carbons (Fsp3) is 0.778. The number of carbonyl (C=O) groups is 4. The Kier molecular flexibility index (Phi) is 7.76. The first-order valence-electron chi connectivity index (χ1n) is 9.55. The minimum Gasteiger partial charge on any atom is -0.483 e. The van der Waals surface area contributed by atoms with Gasteiger partial charge in [0.25, 0.3) is 6.47 Å². The van der Waals surface area contributed by atoms with E-state index in [1.165, 1.54) is 0 Å². The monoisotopic (exact) mass is 398 g/mol. The van der Waals surface area contributed by atoms with E-state index in [-0.39, 0.29) is 48.9 Å². The van der Waals surface area contributed by atoms with Crippen LogP contribution in [-0.4, -0.2) is 103 Å². The highest BCUT2D eigenvalue weighted by Crippen LogP contribution is 2.31. The van der Waals surface area contributed by atoms with Crippen molar-refractivity contribution in [3.63, 3.8) is 0 Å². The number of piperidine rings is 2. The largest absolute Gasteiger partial charge is 0.483 e. The zero-order valence-corrected chi connectivity index (χ0v) is 16.3. The minimum atomic E-state index is -0.346. The summed E-state index contributed by atoms with van der Waals surface area (Å²) in [7, 11) is 1.81. The number of carbonyl (C=O) groups excluding carboxylic acids is 3. The van der Waals surface area contributed by atoms with Gasteiger partial charge in [-0.05, 0) is 32.2 Å². The van der Waals surface area contributed by atoms with Crippen molar-refractivity contribution in [2.24, 2.45) is 11.7 Å². The molecule has 158 valence electrons. The van der Waals surface area contributed by atoms with E-state index in [4.69, 9.17) is 20.4 Å². The van der Waals surface area contributed by atoms with Gasteiger partial charge in [-0.25, -0.2) is 0 Å². The average Bonchev–Trinajstić information content (AvgIpc) is 2.66. The van der Waals surface area contributed by atoms with Gasteiger partial charge in [0, 0.05) is 33.2 Å². The number of ether oxygens (including phenoxy) is 1. The summed E-state index contributed by atoms with van der Waals surface area (Å²) in [5.41, 5.74) is 4.97. The number of likely N-dealkylation sites (tertiary alicyclic amines) is 2. The molecule has 28 heavy (non-hydrogen) atoms. The van der Waals surface area contributed by atoms with Gasteiger partial charge in [0.2, 0.25) is 17.7 Å². The predicted molar refractivity (Wildman–Crippen MR) is 99.2 cm³/mol. The Morgan fingerprint density at radius 3 is 2.54 bits per heavy atom. The maximum absolute atomic E-state index is 12.8. The Morgan fingerprint density at radius 2 is 1.96 bits per heavy atom. The molecule has 0 aromatic rings. The SMILES string of the molecule is CN1CC2(CCN(C(=O)C3CCCN(CC(N)=O)C3)CC2)OCC1=O.O=CO. The first-order valence-corrected chi connectivity index (χ1v) is 9.55. The topological polar surface area (TPSA) is 133 Å². The van der Waals surface area contributed by atoms with E-state index in [2.05, 4.69) is 0 Å². The van der Waals surface area contributed by atoms with Crippen LogP contribution in [0, 0.1) is 5.92 Å². The molecule has 0 aromatic heterocycles. The van der Waals surface area contributed by atoms with Gasteiger partial charge in [-0.3, -0.25) is 24.1 Å². The molecule has 3 fully saturated rings. The average molecular weight is 398 g/mol. The van der Waals surface area contributed by atoms with Gasteiger partial charge in [-0.15, -0.1) is 0 Å². The molecule has 0 saturated carbocycles. The van der Waals surface area contributed by atoms with Crippen molar-refractivity contribution >= 4 is 24.2 Å². The van der Waals surface area contributed by atoms with Gasteiger partial charge in [0.05, 0.1) is 18.1 Å². The molecule has 3 heterocycles. The zero-order valence-electron chi connectivity index (χ0n) is 16.3. The number of likely N-dealkylation sites (N-methyl/N-ethyl adjacent to an activating group) is 1. The van der Waals surface area contributed by atoms with Crippen molar-refractivity contribution < 1.29 is 29.0 Å². The van der Waals surface area contributed by atoms with E-state index in [1.807, 2.05) is 9.80 Å². The standard InChI is InChI=1S/C17H28N4O4.CH2O2/c1-19-12-17(25-11-15(19)23)4-7-21(8-5-17)16(24)13-3-2-6-20(9-13)10-14(18)22;2-1-3/h13H,2-12H2,1H3,(H2,18,22);1H,(H,2,3). The van der Waals surface area contributed by atoms with Crippen molar-refractivity contribution in [2.45, 2.75) is 31.3 Å². The fourth-order valence-electron chi connectivity index (χ4n) is 4.21. The first kappa shape index (κ1) is 22.1. The van der Waals surface area contributed by atoms with Gasteiger partial charge in [-0.2, -0.15) is 0 Å². The Hall–Kier alpha value is -2.20. The highest BCUT2D eigenvalue weighted by Gasteiger charge is 2.43. The van der Waals surface area contributed by atoms with Crippen LogP contribution in [0.2, 0.25) is 0 Å². The molecule has 1 spiro atoms. The van der Waals surface area contributed by atoms with Crippen LogP contribution in [-0.2, 0) is 23.9 Å². The summed E-state index contributed by atoms with van der Waals surface area (Å²) in [4.78, 5) is 49.5. The molecule has 1 unspecified atom stereocenters. The number of morpholine rings is 1. The third kappa shape index (κ3) is 5.65. The summed E-state index contributed by atoms with van der Waals surface area (Å²) >= 11 is 0. The van der Waals surface area contributed by atoms with Crippen LogP contribution in [0.4, 0.5) is 0 Å². The summed E-state index contributed by atoms with van der Waals surface area (Å²) in [5.74, 6) is -0.218. The van der Waals surface area contributed by atoms with Crippen LogP contribution in [0.15, 0.2) is 0 Å². The lowest BCUT2D eigenvalue weighted by molar-refractivity contribution is -0.171. The molecule has 0 radical (unpaired) electrons. The first-order chi connectivity index (χ1) is 13.3. The normalized spacial score (nSPS) is 25.0. The van der Waals surface area contributed by atoms with Crippen LogP contribution in [0.1, 0.15) is 25.7 Å². The third-order valence-electron chi connectivity index (χ3n) is 5.67. The molecule has 10 heteroatoms. The molecule has 0 aromatic carbocycles. The lowest BCUT2D eigenvalue weighted by Crippen LogP contribution is -2.59. The number of nitrogens with two attached hydrogens (primary N) is 1. The minimum absolute atomic E-state index is 0.0147. The quantitative estimate of drug-likeness (QED) is 0.567. The van der Waals surface area contributed by atoms with E-state index in [0.29, 0.717) is 26.2 Å². The van der Waals surface area contributed by atoms with E-state index in [1.54, 1.807) is 11.9 Å². The Balaban J connectivity index is 0.000000878. The summed E-state index contributed by atoms with van der Waals surface area (Å²) < 4.78 is 5.83. The van der Waals surface area contributed by atoms with Crippen LogP contribution in [0.5, 0.6) is 0 Å². The van der Waals surface area contributed by atoms with Crippen molar-refractivity contribution in [1.29, 1.82) is 0 Å². The molecule has 3 saturated heterocycles. The second-order valence-electron chi connectivity index (χ2n) is 7.69. The summed E-state index contributed by atoms with van der Waals surface area (Å²) in [5, 5.41) is 6.89. The van der Waals surface area contributed by atoms with Crippen LogP contribution in [0.3, 0.4) is 0 Å². The highest BCUT2D eigenvalue weighted by molar-refractivity contribution is 5.80. The van der Waals surface area contributed by atoms with E-state index >= 15 is 0 Å². The Labute approximate surface area is 164 Å². The van der Waals surface area contributed by atoms with Crippen molar-refractivity contribution in [3.8, 4) is 0 Å². The molecule has 3 aliphatic rings. The molecule has 3 aliphatic heterocycles. The number of hydrogen-bond donors (Lipinski definition) is 2. The number of primary amides is 1. The smallest absolute Gasteiger partial charge is 0.290 e. The third-order valence-corrected chi connectivity index (χ3v) is 5.67. The van der Waals surface area contributed by atoms with Crippen molar-refractivity contribution in [3.05, 3.63) is 0 Å². The Bertz CT molecular complexity index is 591. The lowest BCUT2D eigenvalue weighted by atomic mass is 9.88. The molecule has 3 N–H and O–H groups in total. The van der Waals surface area contributed by atoms with Gasteiger partial charge >= 0.3 is 0 Å². The van der Waals surface area contributed by atoms with Crippen LogP contribution >= 0.6 is 0 Å². The zero-order chi connectivity index (χ0) is 20.7. The number of amides is 3. The van der Waals surface area contributed by atoms with Crippen LogP contribution < -0.4 is 5.73 Å². The molecule has 0 aliphatic carbocycles. The maximum Gasteiger partial charge on any atom is 0.290 e. The number of carboxylic acid groups (broad SMARTS) is 1. The number of nitrogens with zero attached hydrogens (tertiary/aromatic N) is 3. The molecule has 0 bridgehead atoms. The van der Waals surface area contributed by atoms with Crippen LogP contribution in [0.25, 0.3) is 0 Å². The van der Waals surface area contributed by atoms with E-state index in [9.17, 15) is 14.4 Å². The van der Waals surface area contributed by atoms with Crippen molar-refractivity contribution in [1.82, 2.24) is 14.7 Å². The maximum atomic E-state index is 12.8.